The highest BCUT2D eigenvalue weighted by Crippen LogP contribution is 2.18. The highest BCUT2D eigenvalue weighted by Gasteiger charge is 2.02. The van der Waals surface area contributed by atoms with E-state index in [0.717, 1.165) is 6.61 Å². The fourth-order valence-corrected chi connectivity index (χ4v) is 1.29. The summed E-state index contributed by atoms with van der Waals surface area (Å²) < 4.78 is 5.58. The Hall–Kier alpha value is -0.460. The van der Waals surface area contributed by atoms with Gasteiger partial charge in [-0.05, 0) is 31.8 Å². The van der Waals surface area contributed by atoms with Crippen molar-refractivity contribution in [2.24, 2.45) is 0 Å². The first-order chi connectivity index (χ1) is 5.43. The molecule has 0 saturated carbocycles. The molecule has 1 rings (SSSR count). The molecule has 0 aliphatic heterocycles. The molecular formula is C10H18O. The Balaban J connectivity index is 2.09. The van der Waals surface area contributed by atoms with Gasteiger partial charge in [0.15, 0.2) is 0 Å². The lowest BCUT2D eigenvalue weighted by Gasteiger charge is -2.13. The zero-order valence-corrected chi connectivity index (χ0v) is 7.44. The largest absolute Gasteiger partial charge is 0.498 e. The summed E-state index contributed by atoms with van der Waals surface area (Å²) in [4.78, 5) is 0. The molecule has 0 unspecified atom stereocenters. The number of ether oxygens (including phenoxy) is 1. The van der Waals surface area contributed by atoms with Crippen LogP contribution in [-0.4, -0.2) is 6.61 Å². The Morgan fingerprint density at radius 3 is 3.00 bits per heavy atom. The van der Waals surface area contributed by atoms with Crippen molar-refractivity contribution in [2.45, 2.75) is 45.4 Å². The van der Waals surface area contributed by atoms with E-state index >= 15 is 0 Å². The number of allylic oxidation sites excluding steroid dienone is 2. The minimum absolute atomic E-state index is 0.919. The maximum Gasteiger partial charge on any atom is 0.0919 e. The summed E-state index contributed by atoms with van der Waals surface area (Å²) in [6.07, 6.45) is 9.73. The van der Waals surface area contributed by atoms with Crippen LogP contribution in [0.25, 0.3) is 0 Å². The Morgan fingerprint density at radius 2 is 2.36 bits per heavy atom. The third-order valence-corrected chi connectivity index (χ3v) is 2.03. The van der Waals surface area contributed by atoms with Crippen LogP contribution >= 0.6 is 0 Å². The SMILES string of the molecule is CCCCOC1=CCCCC1. The Morgan fingerprint density at radius 1 is 1.45 bits per heavy atom. The van der Waals surface area contributed by atoms with Gasteiger partial charge in [-0.15, -0.1) is 0 Å². The van der Waals surface area contributed by atoms with Gasteiger partial charge in [0, 0.05) is 6.42 Å². The van der Waals surface area contributed by atoms with Gasteiger partial charge in [-0.2, -0.15) is 0 Å². The summed E-state index contributed by atoms with van der Waals surface area (Å²) in [6.45, 7) is 3.11. The second-order valence-electron chi connectivity index (χ2n) is 3.12. The van der Waals surface area contributed by atoms with Crippen LogP contribution in [0.2, 0.25) is 0 Å². The van der Waals surface area contributed by atoms with Gasteiger partial charge in [-0.1, -0.05) is 13.3 Å². The normalized spacial score (nSPS) is 17.7. The number of hydrogen-bond donors (Lipinski definition) is 0. The summed E-state index contributed by atoms with van der Waals surface area (Å²) in [5.41, 5.74) is 0. The van der Waals surface area contributed by atoms with Crippen molar-refractivity contribution in [3.63, 3.8) is 0 Å². The third-order valence-electron chi connectivity index (χ3n) is 2.03. The van der Waals surface area contributed by atoms with Gasteiger partial charge in [-0.3, -0.25) is 0 Å². The highest BCUT2D eigenvalue weighted by atomic mass is 16.5. The predicted molar refractivity (Wildman–Crippen MR) is 47.4 cm³/mol. The van der Waals surface area contributed by atoms with Crippen LogP contribution in [0.3, 0.4) is 0 Å². The molecule has 1 nitrogen and oxygen atoms in total. The molecule has 11 heavy (non-hydrogen) atoms. The van der Waals surface area contributed by atoms with Gasteiger partial charge < -0.3 is 4.74 Å². The monoisotopic (exact) mass is 154 g/mol. The first-order valence-corrected chi connectivity index (χ1v) is 4.75. The molecule has 1 heteroatoms. The van der Waals surface area contributed by atoms with Crippen LogP contribution in [0, 0.1) is 0 Å². The zero-order valence-electron chi connectivity index (χ0n) is 7.44. The Kier molecular flexibility index (Phi) is 4.10. The topological polar surface area (TPSA) is 9.23 Å². The fraction of sp³-hybridized carbons (Fsp3) is 0.800. The lowest BCUT2D eigenvalue weighted by Crippen LogP contribution is -1.98. The first kappa shape index (κ1) is 8.63. The lowest BCUT2D eigenvalue weighted by molar-refractivity contribution is 0.191. The van der Waals surface area contributed by atoms with Crippen molar-refractivity contribution < 1.29 is 4.74 Å². The van der Waals surface area contributed by atoms with Gasteiger partial charge >= 0.3 is 0 Å². The van der Waals surface area contributed by atoms with Crippen LogP contribution in [0.5, 0.6) is 0 Å². The van der Waals surface area contributed by atoms with Gasteiger partial charge in [0.1, 0.15) is 0 Å². The van der Waals surface area contributed by atoms with Crippen molar-refractivity contribution in [3.05, 3.63) is 11.8 Å². The van der Waals surface area contributed by atoms with Crippen LogP contribution in [0.4, 0.5) is 0 Å². The average Bonchev–Trinajstić information content (AvgIpc) is 2.07. The molecule has 0 radical (unpaired) electrons. The zero-order chi connectivity index (χ0) is 7.94. The lowest BCUT2D eigenvalue weighted by atomic mass is 10.1. The number of unbranched alkanes of at least 4 members (excludes halogenated alkanes) is 1. The molecule has 0 aromatic heterocycles. The highest BCUT2D eigenvalue weighted by molar-refractivity contribution is 4.96. The second-order valence-corrected chi connectivity index (χ2v) is 3.12. The standard InChI is InChI=1S/C10H18O/c1-2-3-9-11-10-7-5-4-6-8-10/h7H,2-6,8-9H2,1H3. The van der Waals surface area contributed by atoms with Crippen LogP contribution in [-0.2, 0) is 4.74 Å². The number of rotatable bonds is 4. The maximum absolute atomic E-state index is 5.58. The van der Waals surface area contributed by atoms with Crippen molar-refractivity contribution in [1.29, 1.82) is 0 Å². The molecule has 1 aliphatic rings. The van der Waals surface area contributed by atoms with E-state index in [1.807, 2.05) is 0 Å². The maximum atomic E-state index is 5.58. The second kappa shape index (κ2) is 5.22. The molecule has 0 atom stereocenters. The van der Waals surface area contributed by atoms with Crippen LogP contribution < -0.4 is 0 Å². The average molecular weight is 154 g/mol. The van der Waals surface area contributed by atoms with Gasteiger partial charge in [-0.25, -0.2) is 0 Å². The van der Waals surface area contributed by atoms with Crippen molar-refractivity contribution in [1.82, 2.24) is 0 Å². The van der Waals surface area contributed by atoms with Crippen molar-refractivity contribution >= 4 is 0 Å². The Bertz CT molecular complexity index is 127. The van der Waals surface area contributed by atoms with E-state index in [1.54, 1.807) is 0 Å². The molecule has 0 N–H and O–H groups in total. The molecule has 0 amide bonds. The van der Waals surface area contributed by atoms with E-state index in [9.17, 15) is 0 Å². The summed E-state index contributed by atoms with van der Waals surface area (Å²) in [6, 6.07) is 0. The summed E-state index contributed by atoms with van der Waals surface area (Å²) in [5, 5.41) is 0. The van der Waals surface area contributed by atoms with E-state index in [0.29, 0.717) is 0 Å². The van der Waals surface area contributed by atoms with Crippen molar-refractivity contribution in [2.75, 3.05) is 6.61 Å². The van der Waals surface area contributed by atoms with E-state index in [2.05, 4.69) is 13.0 Å². The summed E-state index contributed by atoms with van der Waals surface area (Å²) >= 11 is 0. The fourth-order valence-electron chi connectivity index (χ4n) is 1.29. The molecule has 64 valence electrons. The molecule has 1 aliphatic carbocycles. The predicted octanol–water partition coefficient (Wildman–Crippen LogP) is 3.26. The molecule has 0 spiro atoms. The smallest absolute Gasteiger partial charge is 0.0919 e. The Labute approximate surface area is 69.4 Å². The van der Waals surface area contributed by atoms with Gasteiger partial charge in [0.2, 0.25) is 0 Å². The first-order valence-electron chi connectivity index (χ1n) is 4.75. The molecule has 0 heterocycles. The molecular weight excluding hydrogens is 136 g/mol. The van der Waals surface area contributed by atoms with Crippen LogP contribution in [0.15, 0.2) is 11.8 Å². The van der Waals surface area contributed by atoms with E-state index in [4.69, 9.17) is 4.74 Å². The molecule has 0 aromatic carbocycles. The van der Waals surface area contributed by atoms with E-state index < -0.39 is 0 Å². The minimum atomic E-state index is 0.919. The van der Waals surface area contributed by atoms with Crippen LogP contribution in [0.1, 0.15) is 45.4 Å². The van der Waals surface area contributed by atoms with Gasteiger partial charge in [0.25, 0.3) is 0 Å². The van der Waals surface area contributed by atoms with E-state index in [-0.39, 0.29) is 0 Å². The summed E-state index contributed by atoms with van der Waals surface area (Å²) in [5.74, 6) is 1.24. The quantitative estimate of drug-likeness (QED) is 0.565. The molecule has 0 saturated heterocycles. The molecule has 0 aromatic rings. The van der Waals surface area contributed by atoms with E-state index in [1.165, 1.54) is 44.3 Å². The number of hydrogen-bond acceptors (Lipinski definition) is 1. The molecule has 0 fully saturated rings. The summed E-state index contributed by atoms with van der Waals surface area (Å²) in [7, 11) is 0. The third kappa shape index (κ3) is 3.45. The van der Waals surface area contributed by atoms with Gasteiger partial charge in [0.05, 0.1) is 12.4 Å². The van der Waals surface area contributed by atoms with Crippen molar-refractivity contribution in [3.8, 4) is 0 Å². The molecule has 0 bridgehead atoms. The minimum Gasteiger partial charge on any atom is -0.498 e.